The number of carboxylic acid groups (broad SMARTS) is 1. The molecule has 4 heteroatoms. The van der Waals surface area contributed by atoms with Crippen LogP contribution in [0.15, 0.2) is 18.2 Å². The predicted octanol–water partition coefficient (Wildman–Crippen LogP) is 2.59. The molecule has 0 spiro atoms. The second kappa shape index (κ2) is 6.13. The van der Waals surface area contributed by atoms with E-state index in [0.717, 1.165) is 31.6 Å². The van der Waals surface area contributed by atoms with Crippen LogP contribution >= 0.6 is 0 Å². The standard InChI is InChI=1S/C13H20N2O2/c1-3-5-8-15(4-2)12-7-6-10(13(16)17)9-11(12)14/h6-7,9H,3-5,8,14H2,1-2H3,(H,16,17). The van der Waals surface area contributed by atoms with Gasteiger partial charge in [0.2, 0.25) is 0 Å². The average molecular weight is 236 g/mol. The molecule has 0 aliphatic heterocycles. The summed E-state index contributed by atoms with van der Waals surface area (Å²) in [7, 11) is 0. The first kappa shape index (κ1) is 13.4. The van der Waals surface area contributed by atoms with Gasteiger partial charge in [-0.25, -0.2) is 4.79 Å². The molecule has 1 aromatic carbocycles. The maximum atomic E-state index is 10.8. The van der Waals surface area contributed by atoms with Gasteiger partial charge in [0.05, 0.1) is 16.9 Å². The predicted molar refractivity (Wildman–Crippen MR) is 70.6 cm³/mol. The van der Waals surface area contributed by atoms with E-state index < -0.39 is 5.97 Å². The first-order chi connectivity index (χ1) is 8.10. The van der Waals surface area contributed by atoms with Crippen LogP contribution < -0.4 is 10.6 Å². The Bertz CT molecular complexity index is 391. The first-order valence-electron chi connectivity index (χ1n) is 5.97. The Kier molecular flexibility index (Phi) is 4.82. The van der Waals surface area contributed by atoms with Gasteiger partial charge in [0.25, 0.3) is 0 Å². The summed E-state index contributed by atoms with van der Waals surface area (Å²) in [6, 6.07) is 4.91. The molecule has 1 rings (SSSR count). The number of hydrogen-bond donors (Lipinski definition) is 2. The minimum atomic E-state index is -0.945. The number of rotatable bonds is 6. The van der Waals surface area contributed by atoms with Crippen LogP contribution in [-0.2, 0) is 0 Å². The van der Waals surface area contributed by atoms with Gasteiger partial charge in [-0.1, -0.05) is 13.3 Å². The smallest absolute Gasteiger partial charge is 0.335 e. The number of hydrogen-bond acceptors (Lipinski definition) is 3. The molecule has 0 saturated carbocycles. The quantitative estimate of drug-likeness (QED) is 0.745. The fourth-order valence-corrected chi connectivity index (χ4v) is 1.77. The third kappa shape index (κ3) is 3.37. The molecule has 1 aromatic rings. The van der Waals surface area contributed by atoms with Crippen molar-refractivity contribution < 1.29 is 9.90 Å². The normalized spacial score (nSPS) is 10.2. The van der Waals surface area contributed by atoms with Crippen molar-refractivity contribution in [2.75, 3.05) is 23.7 Å². The molecule has 0 aliphatic rings. The molecule has 0 bridgehead atoms. The molecule has 17 heavy (non-hydrogen) atoms. The van der Waals surface area contributed by atoms with E-state index in [9.17, 15) is 4.79 Å². The number of nitrogens with zero attached hydrogens (tertiary/aromatic N) is 1. The minimum absolute atomic E-state index is 0.234. The highest BCUT2D eigenvalue weighted by Crippen LogP contribution is 2.24. The van der Waals surface area contributed by atoms with Crippen molar-refractivity contribution in [3.8, 4) is 0 Å². The van der Waals surface area contributed by atoms with Crippen LogP contribution in [0.1, 0.15) is 37.0 Å². The number of benzene rings is 1. The Hall–Kier alpha value is -1.71. The summed E-state index contributed by atoms with van der Waals surface area (Å²) < 4.78 is 0. The summed E-state index contributed by atoms with van der Waals surface area (Å²) in [5.41, 5.74) is 7.59. The van der Waals surface area contributed by atoms with E-state index in [2.05, 4.69) is 18.7 Å². The third-order valence-electron chi connectivity index (χ3n) is 2.78. The van der Waals surface area contributed by atoms with Crippen molar-refractivity contribution in [1.82, 2.24) is 0 Å². The van der Waals surface area contributed by atoms with Gasteiger partial charge < -0.3 is 15.7 Å². The lowest BCUT2D eigenvalue weighted by molar-refractivity contribution is 0.0697. The second-order valence-electron chi connectivity index (χ2n) is 4.01. The lowest BCUT2D eigenvalue weighted by Crippen LogP contribution is -2.24. The first-order valence-corrected chi connectivity index (χ1v) is 5.97. The number of anilines is 2. The zero-order valence-electron chi connectivity index (χ0n) is 10.4. The van der Waals surface area contributed by atoms with Gasteiger partial charge in [-0.2, -0.15) is 0 Å². The van der Waals surface area contributed by atoms with Gasteiger partial charge >= 0.3 is 5.97 Å². The third-order valence-corrected chi connectivity index (χ3v) is 2.78. The van der Waals surface area contributed by atoms with Gasteiger partial charge in [0.1, 0.15) is 0 Å². The van der Waals surface area contributed by atoms with Crippen molar-refractivity contribution in [3.05, 3.63) is 23.8 Å². The highest BCUT2D eigenvalue weighted by molar-refractivity contribution is 5.90. The number of unbranched alkanes of at least 4 members (excludes halogenated alkanes) is 1. The minimum Gasteiger partial charge on any atom is -0.478 e. The summed E-state index contributed by atoms with van der Waals surface area (Å²) in [6.07, 6.45) is 2.23. The monoisotopic (exact) mass is 236 g/mol. The molecule has 4 nitrogen and oxygen atoms in total. The molecule has 0 aromatic heterocycles. The van der Waals surface area contributed by atoms with Crippen LogP contribution in [-0.4, -0.2) is 24.2 Å². The van der Waals surface area contributed by atoms with Crippen LogP contribution in [0.3, 0.4) is 0 Å². The van der Waals surface area contributed by atoms with Crippen molar-refractivity contribution in [2.24, 2.45) is 0 Å². The highest BCUT2D eigenvalue weighted by atomic mass is 16.4. The van der Waals surface area contributed by atoms with Crippen LogP contribution in [0, 0.1) is 0 Å². The summed E-state index contributed by atoms with van der Waals surface area (Å²) in [5, 5.41) is 8.87. The summed E-state index contributed by atoms with van der Waals surface area (Å²) >= 11 is 0. The van der Waals surface area contributed by atoms with E-state index >= 15 is 0 Å². The zero-order chi connectivity index (χ0) is 12.8. The number of carboxylic acids is 1. The Balaban J connectivity index is 2.92. The summed E-state index contributed by atoms with van der Waals surface area (Å²) in [5.74, 6) is -0.945. The van der Waals surface area contributed by atoms with Crippen molar-refractivity contribution >= 4 is 17.3 Å². The van der Waals surface area contributed by atoms with Crippen LogP contribution in [0.5, 0.6) is 0 Å². The molecule has 0 heterocycles. The number of nitrogen functional groups attached to an aromatic ring is 1. The summed E-state index contributed by atoms with van der Waals surface area (Å²) in [6.45, 7) is 6.03. The maximum absolute atomic E-state index is 10.8. The van der Waals surface area contributed by atoms with Crippen molar-refractivity contribution in [1.29, 1.82) is 0 Å². The molecular weight excluding hydrogens is 216 g/mol. The molecule has 0 amide bonds. The second-order valence-corrected chi connectivity index (χ2v) is 4.01. The Morgan fingerprint density at radius 2 is 2.12 bits per heavy atom. The molecule has 0 saturated heterocycles. The fraction of sp³-hybridized carbons (Fsp3) is 0.462. The molecule has 0 atom stereocenters. The lowest BCUT2D eigenvalue weighted by atomic mass is 10.1. The number of aromatic carboxylic acids is 1. The Labute approximate surface area is 102 Å². The van der Waals surface area contributed by atoms with Gasteiger partial charge in [0.15, 0.2) is 0 Å². The van der Waals surface area contributed by atoms with Crippen LogP contribution in [0.25, 0.3) is 0 Å². The average Bonchev–Trinajstić information content (AvgIpc) is 2.31. The lowest BCUT2D eigenvalue weighted by Gasteiger charge is -2.24. The van der Waals surface area contributed by atoms with E-state index in [1.807, 2.05) is 0 Å². The van der Waals surface area contributed by atoms with Crippen LogP contribution in [0.2, 0.25) is 0 Å². The van der Waals surface area contributed by atoms with Crippen molar-refractivity contribution in [2.45, 2.75) is 26.7 Å². The van der Waals surface area contributed by atoms with E-state index in [1.54, 1.807) is 12.1 Å². The van der Waals surface area contributed by atoms with E-state index in [0.29, 0.717) is 5.69 Å². The molecule has 0 radical (unpaired) electrons. The number of carbonyl (C=O) groups is 1. The Morgan fingerprint density at radius 3 is 2.59 bits per heavy atom. The zero-order valence-corrected chi connectivity index (χ0v) is 10.4. The topological polar surface area (TPSA) is 66.6 Å². The molecular formula is C13H20N2O2. The highest BCUT2D eigenvalue weighted by Gasteiger charge is 2.10. The Morgan fingerprint density at radius 1 is 1.41 bits per heavy atom. The van der Waals surface area contributed by atoms with E-state index in [1.165, 1.54) is 6.07 Å². The SMILES string of the molecule is CCCCN(CC)c1ccc(C(=O)O)cc1N. The van der Waals surface area contributed by atoms with Gasteiger partial charge in [-0.05, 0) is 31.5 Å². The van der Waals surface area contributed by atoms with E-state index in [4.69, 9.17) is 10.8 Å². The van der Waals surface area contributed by atoms with Crippen molar-refractivity contribution in [3.63, 3.8) is 0 Å². The van der Waals surface area contributed by atoms with E-state index in [-0.39, 0.29) is 5.56 Å². The molecule has 0 fully saturated rings. The van der Waals surface area contributed by atoms with Gasteiger partial charge in [-0.3, -0.25) is 0 Å². The van der Waals surface area contributed by atoms with Crippen LogP contribution in [0.4, 0.5) is 11.4 Å². The molecule has 94 valence electrons. The molecule has 0 unspecified atom stereocenters. The van der Waals surface area contributed by atoms with Gasteiger partial charge in [-0.15, -0.1) is 0 Å². The summed E-state index contributed by atoms with van der Waals surface area (Å²) in [4.78, 5) is 13.0. The fourth-order valence-electron chi connectivity index (χ4n) is 1.77. The number of nitrogens with two attached hydrogens (primary N) is 1. The maximum Gasteiger partial charge on any atom is 0.335 e. The van der Waals surface area contributed by atoms with Gasteiger partial charge in [0, 0.05) is 13.1 Å². The molecule has 0 aliphatic carbocycles. The largest absolute Gasteiger partial charge is 0.478 e. The molecule has 3 N–H and O–H groups in total.